The van der Waals surface area contributed by atoms with Gasteiger partial charge in [-0.15, -0.1) is 0 Å². The molecule has 1 heterocycles. The van der Waals surface area contributed by atoms with E-state index in [1.807, 2.05) is 6.07 Å². The molecule has 2 aromatic rings. The third-order valence-electron chi connectivity index (χ3n) is 3.70. The van der Waals surface area contributed by atoms with Gasteiger partial charge in [0, 0.05) is 18.4 Å². The molecule has 29 heavy (non-hydrogen) atoms. The molecule has 0 saturated heterocycles. The van der Waals surface area contributed by atoms with Crippen LogP contribution < -0.4 is 22.1 Å². The van der Waals surface area contributed by atoms with Crippen molar-refractivity contribution < 1.29 is 18.0 Å². The number of nitrogens with two attached hydrogens (primary N) is 2. The van der Waals surface area contributed by atoms with E-state index in [1.54, 1.807) is 36.4 Å². The first-order valence-corrected chi connectivity index (χ1v) is 8.42. The lowest BCUT2D eigenvalue weighted by Gasteiger charge is -2.11. The van der Waals surface area contributed by atoms with E-state index in [9.17, 15) is 18.0 Å². The van der Waals surface area contributed by atoms with Crippen LogP contribution in [0.3, 0.4) is 0 Å². The third-order valence-corrected chi connectivity index (χ3v) is 3.70. The zero-order chi connectivity index (χ0) is 21.4. The van der Waals surface area contributed by atoms with Gasteiger partial charge in [0.2, 0.25) is 0 Å². The maximum absolute atomic E-state index is 12.6. The maximum Gasteiger partial charge on any atom is 0.417 e. The molecule has 0 bridgehead atoms. The second-order valence-corrected chi connectivity index (χ2v) is 5.90. The summed E-state index contributed by atoms with van der Waals surface area (Å²) in [6, 6.07) is 8.73. The van der Waals surface area contributed by atoms with E-state index in [2.05, 4.69) is 22.2 Å². The van der Waals surface area contributed by atoms with E-state index in [1.165, 1.54) is 0 Å². The summed E-state index contributed by atoms with van der Waals surface area (Å²) in [5.41, 5.74) is 12.0. The summed E-state index contributed by atoms with van der Waals surface area (Å²) < 4.78 is 37.8. The van der Waals surface area contributed by atoms with Crippen molar-refractivity contribution in [2.24, 2.45) is 11.5 Å². The third kappa shape index (κ3) is 6.42. The Morgan fingerprint density at radius 2 is 1.97 bits per heavy atom. The van der Waals surface area contributed by atoms with E-state index >= 15 is 0 Å². The molecule has 152 valence electrons. The van der Waals surface area contributed by atoms with Gasteiger partial charge < -0.3 is 22.1 Å². The van der Waals surface area contributed by atoms with E-state index in [0.717, 1.165) is 17.7 Å². The zero-order valence-electron chi connectivity index (χ0n) is 15.3. The number of nitrogens with zero attached hydrogens (tertiary/aromatic N) is 1. The highest BCUT2D eigenvalue weighted by Crippen LogP contribution is 2.28. The molecule has 0 aliphatic heterocycles. The van der Waals surface area contributed by atoms with Crippen molar-refractivity contribution in [2.45, 2.75) is 12.7 Å². The monoisotopic (exact) mass is 403 g/mol. The van der Waals surface area contributed by atoms with Gasteiger partial charge in [-0.3, -0.25) is 9.78 Å². The standard InChI is InChI=1S/C20H20F3N5O/c1-2-3-7-16(18(24)25)26-11-13-5-4-6-15(10-13)28-19(29)17-9-8-14(12-27-17)20(21,22)23/h2-10,12,26H,1,11,24-25H2,(H,28,29)/b7-3-. The fourth-order valence-electron chi connectivity index (χ4n) is 2.27. The van der Waals surface area contributed by atoms with Gasteiger partial charge in [-0.25, -0.2) is 0 Å². The highest BCUT2D eigenvalue weighted by Gasteiger charge is 2.30. The normalized spacial score (nSPS) is 11.1. The van der Waals surface area contributed by atoms with Gasteiger partial charge in [0.15, 0.2) is 0 Å². The topological polar surface area (TPSA) is 106 Å². The number of pyridine rings is 1. The largest absolute Gasteiger partial charge is 0.417 e. The first-order valence-electron chi connectivity index (χ1n) is 8.42. The van der Waals surface area contributed by atoms with Crippen LogP contribution in [0.1, 0.15) is 21.6 Å². The van der Waals surface area contributed by atoms with E-state index in [4.69, 9.17) is 11.5 Å². The van der Waals surface area contributed by atoms with Crippen LogP contribution in [0.15, 0.2) is 78.9 Å². The van der Waals surface area contributed by atoms with Crippen molar-refractivity contribution >= 4 is 11.6 Å². The Bertz CT molecular complexity index is 930. The first kappa shape index (κ1) is 21.5. The minimum atomic E-state index is -4.51. The number of alkyl halides is 3. The molecule has 0 aliphatic rings. The molecular formula is C20H20F3N5O. The van der Waals surface area contributed by atoms with Gasteiger partial charge >= 0.3 is 6.18 Å². The summed E-state index contributed by atoms with van der Waals surface area (Å²) >= 11 is 0. The molecule has 0 radical (unpaired) electrons. The molecule has 1 aromatic carbocycles. The van der Waals surface area contributed by atoms with E-state index < -0.39 is 17.6 Å². The molecule has 1 aromatic heterocycles. The molecule has 1 amide bonds. The predicted molar refractivity (Wildman–Crippen MR) is 105 cm³/mol. The van der Waals surface area contributed by atoms with Crippen LogP contribution >= 0.6 is 0 Å². The number of nitrogens with one attached hydrogen (secondary N) is 2. The maximum atomic E-state index is 12.6. The van der Waals surface area contributed by atoms with Gasteiger partial charge in [-0.2, -0.15) is 13.2 Å². The Hall–Kier alpha value is -3.75. The van der Waals surface area contributed by atoms with Gasteiger partial charge in [0.1, 0.15) is 11.5 Å². The van der Waals surface area contributed by atoms with Crippen LogP contribution in [0, 0.1) is 0 Å². The Labute approximate surface area is 165 Å². The number of aromatic nitrogens is 1. The summed E-state index contributed by atoms with van der Waals surface area (Å²) in [7, 11) is 0. The van der Waals surface area contributed by atoms with Crippen LogP contribution in [0.5, 0.6) is 0 Å². The molecule has 0 fully saturated rings. The number of amides is 1. The van der Waals surface area contributed by atoms with Crippen molar-refractivity contribution in [1.82, 2.24) is 10.3 Å². The average Bonchev–Trinajstić information content (AvgIpc) is 2.67. The van der Waals surface area contributed by atoms with Crippen molar-refractivity contribution in [3.05, 3.63) is 95.7 Å². The minimum Gasteiger partial charge on any atom is -0.384 e. The number of rotatable bonds is 7. The number of halogens is 3. The van der Waals surface area contributed by atoms with Crippen LogP contribution in [0.4, 0.5) is 18.9 Å². The Balaban J connectivity index is 2.05. The zero-order valence-corrected chi connectivity index (χ0v) is 15.3. The summed E-state index contributed by atoms with van der Waals surface area (Å²) in [5, 5.41) is 5.67. The smallest absolute Gasteiger partial charge is 0.384 e. The summed E-state index contributed by atoms with van der Waals surface area (Å²) in [5.74, 6) is -0.509. The predicted octanol–water partition coefficient (Wildman–Crippen LogP) is 3.27. The second-order valence-electron chi connectivity index (χ2n) is 5.90. The van der Waals surface area contributed by atoms with Gasteiger partial charge in [-0.05, 0) is 35.9 Å². The number of allylic oxidation sites excluding steroid dienone is 3. The molecule has 0 saturated carbocycles. The highest BCUT2D eigenvalue weighted by atomic mass is 19.4. The first-order chi connectivity index (χ1) is 13.7. The van der Waals surface area contributed by atoms with E-state index in [-0.39, 0.29) is 11.5 Å². The number of hydrogen-bond acceptors (Lipinski definition) is 5. The summed E-state index contributed by atoms with van der Waals surface area (Å²) in [6.45, 7) is 3.94. The second kappa shape index (κ2) is 9.45. The Kier molecular flexibility index (Phi) is 7.02. The van der Waals surface area contributed by atoms with Crippen LogP contribution in [-0.2, 0) is 12.7 Å². The number of benzene rings is 1. The van der Waals surface area contributed by atoms with Gasteiger partial charge in [0.05, 0.1) is 11.3 Å². The molecule has 0 atom stereocenters. The molecule has 0 aliphatic carbocycles. The van der Waals surface area contributed by atoms with Crippen molar-refractivity contribution in [1.29, 1.82) is 0 Å². The SMILES string of the molecule is C=C/C=C\C(NCc1cccc(NC(=O)c2ccc(C(F)(F)F)cn2)c1)=C(N)N. The van der Waals surface area contributed by atoms with Crippen LogP contribution in [0.2, 0.25) is 0 Å². The number of anilines is 1. The van der Waals surface area contributed by atoms with Crippen molar-refractivity contribution in [3.8, 4) is 0 Å². The molecule has 9 heteroatoms. The molecule has 6 N–H and O–H groups in total. The quantitative estimate of drug-likeness (QED) is 0.531. The lowest BCUT2D eigenvalue weighted by Crippen LogP contribution is -2.21. The molecule has 6 nitrogen and oxygen atoms in total. The number of hydrogen-bond donors (Lipinski definition) is 4. The molecule has 0 spiro atoms. The fourth-order valence-corrected chi connectivity index (χ4v) is 2.27. The van der Waals surface area contributed by atoms with Crippen LogP contribution in [-0.4, -0.2) is 10.9 Å². The summed E-state index contributed by atoms with van der Waals surface area (Å²) in [4.78, 5) is 15.8. The number of carbonyl (C=O) groups is 1. The average molecular weight is 403 g/mol. The number of carbonyl (C=O) groups excluding carboxylic acids is 1. The fraction of sp³-hybridized carbons (Fsp3) is 0.100. The minimum absolute atomic E-state index is 0.112. The Morgan fingerprint density at radius 1 is 1.21 bits per heavy atom. The van der Waals surface area contributed by atoms with Gasteiger partial charge in [-0.1, -0.05) is 30.9 Å². The highest BCUT2D eigenvalue weighted by molar-refractivity contribution is 6.02. The van der Waals surface area contributed by atoms with E-state index in [0.29, 0.717) is 24.1 Å². The molecular weight excluding hydrogens is 383 g/mol. The van der Waals surface area contributed by atoms with Gasteiger partial charge in [0.25, 0.3) is 5.91 Å². The lowest BCUT2D eigenvalue weighted by atomic mass is 10.2. The van der Waals surface area contributed by atoms with Crippen molar-refractivity contribution in [2.75, 3.05) is 5.32 Å². The lowest BCUT2D eigenvalue weighted by molar-refractivity contribution is -0.137. The van der Waals surface area contributed by atoms with Crippen LogP contribution in [0.25, 0.3) is 0 Å². The van der Waals surface area contributed by atoms with Crippen molar-refractivity contribution in [3.63, 3.8) is 0 Å². The summed E-state index contributed by atoms with van der Waals surface area (Å²) in [6.07, 6.45) is 1.04. The Morgan fingerprint density at radius 3 is 2.55 bits per heavy atom. The molecule has 2 rings (SSSR count). The molecule has 0 unspecified atom stereocenters.